The summed E-state index contributed by atoms with van der Waals surface area (Å²) in [6, 6.07) is 18.7. The van der Waals surface area contributed by atoms with Crippen LogP contribution in [0.1, 0.15) is 30.2 Å². The first-order chi connectivity index (χ1) is 19.5. The molecule has 1 fully saturated rings. The van der Waals surface area contributed by atoms with Crippen molar-refractivity contribution in [3.05, 3.63) is 98.8 Å². The van der Waals surface area contributed by atoms with Crippen LogP contribution in [0.2, 0.25) is 0 Å². The van der Waals surface area contributed by atoms with Crippen LogP contribution >= 0.6 is 8.60 Å². The van der Waals surface area contributed by atoms with Gasteiger partial charge in [-0.25, -0.2) is 4.79 Å². The van der Waals surface area contributed by atoms with Crippen molar-refractivity contribution in [2.75, 3.05) is 34.0 Å². The SMILES string of the molecule is COCC(COP(OCc1ccccc1)OCC1CCC(n2ccc(=O)[nH]c2=O)O1)OCc1ccc(OC)cc1. The van der Waals surface area contributed by atoms with Crippen molar-refractivity contribution in [1.29, 1.82) is 0 Å². The molecule has 1 aliphatic rings. The summed E-state index contributed by atoms with van der Waals surface area (Å²) >= 11 is 0. The maximum absolute atomic E-state index is 12.1. The molecule has 4 atom stereocenters. The van der Waals surface area contributed by atoms with Gasteiger partial charge in [-0.3, -0.25) is 14.3 Å². The van der Waals surface area contributed by atoms with E-state index in [1.165, 1.54) is 16.8 Å². The van der Waals surface area contributed by atoms with Crippen LogP contribution in [0.4, 0.5) is 0 Å². The Morgan fingerprint density at radius 3 is 2.42 bits per heavy atom. The van der Waals surface area contributed by atoms with E-state index in [9.17, 15) is 9.59 Å². The molecule has 0 bridgehead atoms. The summed E-state index contributed by atoms with van der Waals surface area (Å²) in [5, 5.41) is 0. The molecule has 12 heteroatoms. The monoisotopic (exact) mass is 574 g/mol. The van der Waals surface area contributed by atoms with Crippen molar-refractivity contribution in [1.82, 2.24) is 9.55 Å². The molecule has 1 aromatic heterocycles. The van der Waals surface area contributed by atoms with Crippen LogP contribution in [0.15, 0.2) is 76.4 Å². The van der Waals surface area contributed by atoms with Crippen molar-refractivity contribution in [3.8, 4) is 5.75 Å². The fourth-order valence-corrected chi connectivity index (χ4v) is 5.09. The van der Waals surface area contributed by atoms with Gasteiger partial charge in [-0.15, -0.1) is 0 Å². The van der Waals surface area contributed by atoms with Gasteiger partial charge in [0, 0.05) is 19.4 Å². The minimum Gasteiger partial charge on any atom is -0.497 e. The van der Waals surface area contributed by atoms with Gasteiger partial charge in [0.25, 0.3) is 5.56 Å². The summed E-state index contributed by atoms with van der Waals surface area (Å²) in [5.41, 5.74) is 1.03. The molecule has 0 saturated carbocycles. The third-order valence-electron chi connectivity index (χ3n) is 6.15. The molecule has 11 nitrogen and oxygen atoms in total. The maximum atomic E-state index is 12.1. The second-order valence-corrected chi connectivity index (χ2v) is 10.3. The normalized spacial score (nSPS) is 18.4. The summed E-state index contributed by atoms with van der Waals surface area (Å²) in [5.74, 6) is 0.780. The van der Waals surface area contributed by atoms with E-state index in [0.717, 1.165) is 16.9 Å². The number of aromatic nitrogens is 2. The number of H-pyrrole nitrogens is 1. The first-order valence-corrected chi connectivity index (χ1v) is 14.1. The number of methoxy groups -OCH3 is 2. The van der Waals surface area contributed by atoms with E-state index < -0.39 is 26.1 Å². The predicted octanol–water partition coefficient (Wildman–Crippen LogP) is 3.93. The van der Waals surface area contributed by atoms with E-state index in [1.54, 1.807) is 14.2 Å². The first-order valence-electron chi connectivity index (χ1n) is 13.0. The number of rotatable bonds is 16. The van der Waals surface area contributed by atoms with E-state index in [1.807, 2.05) is 54.6 Å². The Bertz CT molecular complexity index is 1270. The van der Waals surface area contributed by atoms with Crippen LogP contribution in [0.3, 0.4) is 0 Å². The minimum atomic E-state index is -1.74. The summed E-state index contributed by atoms with van der Waals surface area (Å²) < 4.78 is 42.1. The van der Waals surface area contributed by atoms with Crippen molar-refractivity contribution in [2.45, 2.75) is 44.5 Å². The molecular formula is C28H35N2O9P. The Morgan fingerprint density at radius 1 is 0.925 bits per heavy atom. The molecule has 1 N–H and O–H groups in total. The zero-order valence-corrected chi connectivity index (χ0v) is 23.5. The molecule has 0 radical (unpaired) electrons. The molecule has 0 aliphatic carbocycles. The highest BCUT2D eigenvalue weighted by Gasteiger charge is 2.29. The highest BCUT2D eigenvalue weighted by molar-refractivity contribution is 7.41. The lowest BCUT2D eigenvalue weighted by Crippen LogP contribution is -2.31. The Morgan fingerprint density at radius 2 is 1.70 bits per heavy atom. The van der Waals surface area contributed by atoms with E-state index >= 15 is 0 Å². The summed E-state index contributed by atoms with van der Waals surface area (Å²) in [6.45, 7) is 1.45. The number of hydrogen-bond donors (Lipinski definition) is 1. The predicted molar refractivity (Wildman–Crippen MR) is 148 cm³/mol. The molecule has 40 heavy (non-hydrogen) atoms. The Kier molecular flexibility index (Phi) is 11.9. The van der Waals surface area contributed by atoms with Crippen LogP contribution in [0.25, 0.3) is 0 Å². The topological polar surface area (TPSA) is 119 Å². The molecule has 4 unspecified atom stereocenters. The smallest absolute Gasteiger partial charge is 0.333 e. The second-order valence-electron chi connectivity index (χ2n) is 9.12. The van der Waals surface area contributed by atoms with Gasteiger partial charge in [-0.1, -0.05) is 42.5 Å². The van der Waals surface area contributed by atoms with E-state index in [-0.39, 0.29) is 25.4 Å². The number of benzene rings is 2. The molecule has 3 aromatic rings. The van der Waals surface area contributed by atoms with E-state index in [4.69, 9.17) is 32.5 Å². The maximum Gasteiger partial charge on any atom is 0.333 e. The largest absolute Gasteiger partial charge is 0.497 e. The first kappa shape index (κ1) is 30.1. The molecule has 2 aromatic carbocycles. The van der Waals surface area contributed by atoms with Gasteiger partial charge in [0.1, 0.15) is 18.1 Å². The van der Waals surface area contributed by atoms with Crippen molar-refractivity contribution >= 4 is 8.60 Å². The molecule has 216 valence electrons. The van der Waals surface area contributed by atoms with Crippen molar-refractivity contribution in [3.63, 3.8) is 0 Å². The van der Waals surface area contributed by atoms with E-state index in [2.05, 4.69) is 4.98 Å². The summed E-state index contributed by atoms with van der Waals surface area (Å²) in [4.78, 5) is 25.8. The summed E-state index contributed by atoms with van der Waals surface area (Å²) in [6.07, 6.45) is 1.64. The quantitative estimate of drug-likeness (QED) is 0.254. The van der Waals surface area contributed by atoms with Crippen LogP contribution in [0, 0.1) is 0 Å². The number of nitrogens with one attached hydrogen (secondary N) is 1. The Hall–Kier alpha value is -2.89. The highest BCUT2D eigenvalue weighted by Crippen LogP contribution is 2.42. The van der Waals surface area contributed by atoms with Crippen LogP contribution < -0.4 is 16.0 Å². The average molecular weight is 575 g/mol. The molecule has 0 amide bonds. The number of aromatic amines is 1. The fraction of sp³-hybridized carbons (Fsp3) is 0.429. The zero-order valence-electron chi connectivity index (χ0n) is 22.6. The zero-order chi connectivity index (χ0) is 28.2. The number of hydrogen-bond acceptors (Lipinski definition) is 9. The van der Waals surface area contributed by atoms with Crippen molar-refractivity contribution < 1.29 is 32.5 Å². The third kappa shape index (κ3) is 9.35. The third-order valence-corrected chi connectivity index (χ3v) is 7.21. The highest BCUT2D eigenvalue weighted by atomic mass is 31.2. The van der Waals surface area contributed by atoms with Gasteiger partial charge in [0.2, 0.25) is 0 Å². The van der Waals surface area contributed by atoms with Gasteiger partial charge in [0.05, 0.1) is 46.2 Å². The standard InChI is InChI=1S/C28H35N2O9P/c1-33-18-25(35-16-22-8-10-23(34-2)11-9-22)20-38-40(36-17-21-6-4-3-5-7-21)37-19-24-12-13-27(39-24)30-15-14-26(31)29-28(30)32/h3-11,14-15,24-25,27H,12-13,16-20H2,1-2H3,(H,29,31,32). The number of nitrogens with zero attached hydrogens (tertiary/aromatic N) is 1. The fourth-order valence-electron chi connectivity index (χ4n) is 4.04. The average Bonchev–Trinajstić information content (AvgIpc) is 3.44. The van der Waals surface area contributed by atoms with Gasteiger partial charge in [-0.05, 0) is 36.1 Å². The van der Waals surface area contributed by atoms with Crippen LogP contribution in [0.5, 0.6) is 5.75 Å². The van der Waals surface area contributed by atoms with E-state index in [0.29, 0.717) is 32.7 Å². The molecule has 1 saturated heterocycles. The minimum absolute atomic E-state index is 0.200. The molecular weight excluding hydrogens is 539 g/mol. The van der Waals surface area contributed by atoms with Gasteiger partial charge < -0.3 is 32.5 Å². The molecule has 4 rings (SSSR count). The number of ether oxygens (including phenoxy) is 4. The van der Waals surface area contributed by atoms with Crippen LogP contribution in [-0.4, -0.2) is 55.8 Å². The Balaban J connectivity index is 1.31. The molecule has 2 heterocycles. The molecule has 1 aliphatic heterocycles. The second kappa shape index (κ2) is 15.8. The lowest BCUT2D eigenvalue weighted by Gasteiger charge is -2.22. The lowest BCUT2D eigenvalue weighted by atomic mass is 10.2. The van der Waals surface area contributed by atoms with Crippen LogP contribution in [-0.2, 0) is 41.0 Å². The Labute approximate surface area is 233 Å². The van der Waals surface area contributed by atoms with Gasteiger partial charge >= 0.3 is 14.3 Å². The summed E-state index contributed by atoms with van der Waals surface area (Å²) in [7, 11) is 1.49. The van der Waals surface area contributed by atoms with Gasteiger partial charge in [-0.2, -0.15) is 0 Å². The van der Waals surface area contributed by atoms with Crippen molar-refractivity contribution in [2.24, 2.45) is 0 Å². The van der Waals surface area contributed by atoms with Gasteiger partial charge in [0.15, 0.2) is 0 Å². The molecule has 0 spiro atoms. The lowest BCUT2D eigenvalue weighted by molar-refractivity contribution is -0.0439.